The molecule has 0 unspecified atom stereocenters. The summed E-state index contributed by atoms with van der Waals surface area (Å²) in [5.41, 5.74) is 3.50. The highest BCUT2D eigenvalue weighted by molar-refractivity contribution is 8.04. The van der Waals surface area contributed by atoms with Crippen LogP contribution in [0.15, 0.2) is 94.4 Å². The molecule has 0 saturated carbocycles. The van der Waals surface area contributed by atoms with Gasteiger partial charge in [0.2, 0.25) is 0 Å². The summed E-state index contributed by atoms with van der Waals surface area (Å²) in [5, 5.41) is 0. The molecule has 2 heterocycles. The van der Waals surface area contributed by atoms with Crippen LogP contribution in [0.5, 0.6) is 0 Å². The Morgan fingerprint density at radius 3 is 2.05 bits per heavy atom. The van der Waals surface area contributed by atoms with Gasteiger partial charge in [-0.3, -0.25) is 9.59 Å². The zero-order valence-corrected chi connectivity index (χ0v) is 22.2. The predicted octanol–water partition coefficient (Wildman–Crippen LogP) is 4.87. The second-order valence-electron chi connectivity index (χ2n) is 9.12. The summed E-state index contributed by atoms with van der Waals surface area (Å²) in [6, 6.07) is 24.5. The van der Waals surface area contributed by atoms with Crippen LogP contribution < -0.4 is 9.80 Å². The number of imide groups is 1. The molecule has 0 bridgehead atoms. The third-order valence-electron chi connectivity index (χ3n) is 6.61. The Morgan fingerprint density at radius 1 is 0.789 bits per heavy atom. The standard InChI is InChI=1S/C30H29N3O4S/c1-3-37-30(36)22-11-13-24(14-12-22)33-28(34)26(27(29(33)35)38-25-15-9-21(2)10-16-25)32-19-17-31(18-20-32)23-7-5-4-6-8-23/h4-16H,3,17-20H2,1-2H3. The first-order valence-electron chi connectivity index (χ1n) is 12.7. The topological polar surface area (TPSA) is 70.2 Å². The van der Waals surface area contributed by atoms with Crippen molar-refractivity contribution in [1.29, 1.82) is 0 Å². The lowest BCUT2D eigenvalue weighted by Gasteiger charge is -2.37. The van der Waals surface area contributed by atoms with E-state index >= 15 is 0 Å². The number of hydrogen-bond donors (Lipinski definition) is 0. The second kappa shape index (κ2) is 11.1. The molecule has 38 heavy (non-hydrogen) atoms. The van der Waals surface area contributed by atoms with E-state index < -0.39 is 5.97 Å². The highest BCUT2D eigenvalue weighted by Crippen LogP contribution is 2.39. The van der Waals surface area contributed by atoms with Crippen LogP contribution in [0.1, 0.15) is 22.8 Å². The number of carbonyl (C=O) groups is 3. The minimum atomic E-state index is -0.441. The smallest absolute Gasteiger partial charge is 0.338 e. The molecule has 0 atom stereocenters. The number of ether oxygens (including phenoxy) is 1. The molecule has 3 aromatic rings. The number of hydrogen-bond acceptors (Lipinski definition) is 7. The lowest BCUT2D eigenvalue weighted by Crippen LogP contribution is -2.47. The van der Waals surface area contributed by atoms with Gasteiger partial charge in [0.15, 0.2) is 0 Å². The van der Waals surface area contributed by atoms with Crippen LogP contribution in [0, 0.1) is 6.92 Å². The minimum absolute atomic E-state index is 0.272. The number of thioether (sulfide) groups is 1. The molecule has 0 spiro atoms. The predicted molar refractivity (Wildman–Crippen MR) is 149 cm³/mol. The number of aryl methyl sites for hydroxylation is 1. The average Bonchev–Trinajstić information content (AvgIpc) is 3.19. The number of piperazine rings is 1. The molecule has 2 aliphatic rings. The molecule has 194 valence electrons. The lowest BCUT2D eigenvalue weighted by atomic mass is 10.2. The Kier molecular flexibility index (Phi) is 7.51. The molecule has 2 amide bonds. The van der Waals surface area contributed by atoms with Gasteiger partial charge < -0.3 is 14.5 Å². The van der Waals surface area contributed by atoms with E-state index in [0.29, 0.717) is 34.9 Å². The van der Waals surface area contributed by atoms with Crippen LogP contribution in [-0.4, -0.2) is 55.5 Å². The van der Waals surface area contributed by atoms with Crippen molar-refractivity contribution < 1.29 is 19.1 Å². The fraction of sp³-hybridized carbons (Fsp3) is 0.233. The Bertz CT molecular complexity index is 1360. The van der Waals surface area contributed by atoms with E-state index in [9.17, 15) is 14.4 Å². The molecular formula is C30H29N3O4S. The first-order chi connectivity index (χ1) is 18.5. The molecule has 1 saturated heterocycles. The van der Waals surface area contributed by atoms with Gasteiger partial charge in [0.1, 0.15) is 10.6 Å². The number of esters is 1. The summed E-state index contributed by atoms with van der Waals surface area (Å²) in [6.07, 6.45) is 0. The second-order valence-corrected chi connectivity index (χ2v) is 10.2. The summed E-state index contributed by atoms with van der Waals surface area (Å²) >= 11 is 1.32. The van der Waals surface area contributed by atoms with Gasteiger partial charge in [-0.25, -0.2) is 9.69 Å². The third-order valence-corrected chi connectivity index (χ3v) is 7.69. The van der Waals surface area contributed by atoms with E-state index in [-0.39, 0.29) is 18.4 Å². The molecule has 0 N–H and O–H groups in total. The molecular weight excluding hydrogens is 498 g/mol. The molecule has 0 radical (unpaired) electrons. The average molecular weight is 528 g/mol. The van der Waals surface area contributed by atoms with E-state index in [2.05, 4.69) is 17.0 Å². The van der Waals surface area contributed by atoms with Crippen LogP contribution in [-0.2, 0) is 14.3 Å². The molecule has 3 aromatic carbocycles. The summed E-state index contributed by atoms with van der Waals surface area (Å²) in [5.74, 6) is -1.14. The number of anilines is 2. The number of rotatable bonds is 7. The van der Waals surface area contributed by atoms with E-state index in [4.69, 9.17) is 4.74 Å². The number of carbonyl (C=O) groups excluding carboxylic acids is 3. The normalized spacial score (nSPS) is 15.9. The van der Waals surface area contributed by atoms with Crippen molar-refractivity contribution in [3.63, 3.8) is 0 Å². The lowest BCUT2D eigenvalue weighted by molar-refractivity contribution is -0.121. The highest BCUT2D eigenvalue weighted by atomic mass is 32.2. The van der Waals surface area contributed by atoms with E-state index in [1.807, 2.05) is 54.3 Å². The SMILES string of the molecule is CCOC(=O)c1ccc(N2C(=O)C(Sc3ccc(C)cc3)=C(N3CCN(c4ccccc4)CC3)C2=O)cc1. The van der Waals surface area contributed by atoms with Crippen LogP contribution in [0.4, 0.5) is 11.4 Å². The van der Waals surface area contributed by atoms with Gasteiger partial charge in [0.25, 0.3) is 11.8 Å². The zero-order valence-electron chi connectivity index (χ0n) is 21.4. The maximum atomic E-state index is 13.8. The van der Waals surface area contributed by atoms with Crippen LogP contribution in [0.2, 0.25) is 0 Å². The number of para-hydroxylation sites is 1. The first kappa shape index (κ1) is 25.6. The molecule has 0 aromatic heterocycles. The molecule has 5 rings (SSSR count). The Morgan fingerprint density at radius 2 is 1.42 bits per heavy atom. The first-order valence-corrected chi connectivity index (χ1v) is 13.5. The largest absolute Gasteiger partial charge is 0.462 e. The van der Waals surface area contributed by atoms with Crippen LogP contribution in [0.25, 0.3) is 0 Å². The van der Waals surface area contributed by atoms with Crippen molar-refractivity contribution in [3.05, 3.63) is 101 Å². The van der Waals surface area contributed by atoms with Crippen molar-refractivity contribution >= 4 is 40.9 Å². The van der Waals surface area contributed by atoms with Gasteiger partial charge >= 0.3 is 5.97 Å². The van der Waals surface area contributed by atoms with Gasteiger partial charge in [0.05, 0.1) is 17.9 Å². The van der Waals surface area contributed by atoms with Crippen LogP contribution >= 0.6 is 11.8 Å². The zero-order chi connectivity index (χ0) is 26.6. The summed E-state index contributed by atoms with van der Waals surface area (Å²) in [7, 11) is 0. The van der Waals surface area contributed by atoms with Crippen molar-refractivity contribution in [2.24, 2.45) is 0 Å². The van der Waals surface area contributed by atoms with Crippen molar-refractivity contribution in [2.45, 2.75) is 18.7 Å². The Labute approximate surface area is 226 Å². The quantitative estimate of drug-likeness (QED) is 0.321. The third kappa shape index (κ3) is 5.17. The van der Waals surface area contributed by atoms with Gasteiger partial charge in [-0.1, -0.05) is 47.7 Å². The summed E-state index contributed by atoms with van der Waals surface area (Å²) in [4.78, 5) is 46.5. The van der Waals surface area contributed by atoms with Gasteiger partial charge in [-0.15, -0.1) is 0 Å². The summed E-state index contributed by atoms with van der Waals surface area (Å²) < 4.78 is 5.06. The molecule has 8 heteroatoms. The van der Waals surface area contributed by atoms with Gasteiger partial charge in [-0.05, 0) is 62.4 Å². The highest BCUT2D eigenvalue weighted by Gasteiger charge is 2.43. The fourth-order valence-electron chi connectivity index (χ4n) is 4.62. The Hall–Kier alpha value is -4.04. The van der Waals surface area contributed by atoms with Gasteiger partial charge in [0, 0.05) is 36.8 Å². The Balaban J connectivity index is 1.43. The van der Waals surface area contributed by atoms with E-state index in [1.54, 1.807) is 31.2 Å². The number of nitrogens with zero attached hydrogens (tertiary/aromatic N) is 3. The molecule has 0 aliphatic carbocycles. The van der Waals surface area contributed by atoms with Crippen molar-refractivity contribution in [3.8, 4) is 0 Å². The monoisotopic (exact) mass is 527 g/mol. The summed E-state index contributed by atoms with van der Waals surface area (Å²) in [6.45, 7) is 6.75. The van der Waals surface area contributed by atoms with E-state index in [0.717, 1.165) is 29.2 Å². The molecule has 1 fully saturated rings. The fourth-order valence-corrected chi connectivity index (χ4v) is 5.62. The van der Waals surface area contributed by atoms with Crippen molar-refractivity contribution in [1.82, 2.24) is 4.90 Å². The maximum absolute atomic E-state index is 13.8. The minimum Gasteiger partial charge on any atom is -0.462 e. The molecule has 2 aliphatic heterocycles. The van der Waals surface area contributed by atoms with E-state index in [1.165, 1.54) is 16.7 Å². The molecule has 7 nitrogen and oxygen atoms in total. The number of benzene rings is 3. The van der Waals surface area contributed by atoms with Crippen LogP contribution in [0.3, 0.4) is 0 Å². The maximum Gasteiger partial charge on any atom is 0.338 e. The van der Waals surface area contributed by atoms with Gasteiger partial charge in [-0.2, -0.15) is 0 Å². The number of amides is 2. The van der Waals surface area contributed by atoms with Crippen molar-refractivity contribution in [2.75, 3.05) is 42.6 Å².